The second-order valence-electron chi connectivity index (χ2n) is 3.81. The molecule has 0 bridgehead atoms. The summed E-state index contributed by atoms with van der Waals surface area (Å²) in [5.74, 6) is -6.26. The molecule has 104 valence electrons. The van der Waals surface area contributed by atoms with Gasteiger partial charge in [-0.2, -0.15) is 0 Å². The summed E-state index contributed by atoms with van der Waals surface area (Å²) in [5.41, 5.74) is -0.629. The number of carbonyl (C=O) groups excluding carboxylic acids is 1. The Balaban J connectivity index is 2.30. The monoisotopic (exact) mass is 347 g/mol. The zero-order chi connectivity index (χ0) is 14.9. The molecule has 1 N–H and O–H groups in total. The number of halogens is 5. The molecule has 2 aromatic rings. The first-order valence-electron chi connectivity index (χ1n) is 5.30. The van der Waals surface area contributed by atoms with E-state index in [0.717, 1.165) is 0 Å². The van der Waals surface area contributed by atoms with Gasteiger partial charge in [0, 0.05) is 17.8 Å². The van der Waals surface area contributed by atoms with Crippen LogP contribution in [0.4, 0.5) is 23.2 Å². The SMILES string of the molecule is O=C(Nc1cc(F)c(F)c(F)c1)c1cccc(Br)c1F. The highest BCUT2D eigenvalue weighted by Crippen LogP contribution is 2.21. The Hall–Kier alpha value is -1.89. The molecule has 0 atom stereocenters. The van der Waals surface area contributed by atoms with E-state index in [4.69, 9.17) is 0 Å². The van der Waals surface area contributed by atoms with Crippen LogP contribution in [0.2, 0.25) is 0 Å². The number of amides is 1. The first kappa shape index (κ1) is 14.5. The van der Waals surface area contributed by atoms with Crippen LogP contribution in [0.5, 0.6) is 0 Å². The Morgan fingerprint density at radius 3 is 2.20 bits per heavy atom. The van der Waals surface area contributed by atoms with E-state index >= 15 is 0 Å². The molecule has 0 saturated heterocycles. The van der Waals surface area contributed by atoms with Gasteiger partial charge in [0.15, 0.2) is 17.5 Å². The summed E-state index contributed by atoms with van der Waals surface area (Å²) < 4.78 is 52.5. The van der Waals surface area contributed by atoms with Crippen molar-refractivity contribution in [2.24, 2.45) is 0 Å². The maximum atomic E-state index is 13.7. The minimum atomic E-state index is -1.64. The maximum absolute atomic E-state index is 13.7. The third-order valence-corrected chi connectivity index (χ3v) is 3.05. The fourth-order valence-electron chi connectivity index (χ4n) is 1.51. The molecular formula is C13H6BrF4NO. The van der Waals surface area contributed by atoms with Gasteiger partial charge in [-0.15, -0.1) is 0 Å². The summed E-state index contributed by atoms with van der Waals surface area (Å²) in [7, 11) is 0. The van der Waals surface area contributed by atoms with E-state index in [1.54, 1.807) is 0 Å². The second kappa shape index (κ2) is 5.62. The van der Waals surface area contributed by atoms with Crippen LogP contribution in [0, 0.1) is 23.3 Å². The summed E-state index contributed by atoms with van der Waals surface area (Å²) in [6.45, 7) is 0. The minimum absolute atomic E-state index is 0.0709. The van der Waals surface area contributed by atoms with Crippen LogP contribution in [-0.4, -0.2) is 5.91 Å². The first-order valence-corrected chi connectivity index (χ1v) is 6.09. The zero-order valence-corrected chi connectivity index (χ0v) is 11.3. The van der Waals surface area contributed by atoms with Crippen molar-refractivity contribution in [2.45, 2.75) is 0 Å². The maximum Gasteiger partial charge on any atom is 0.258 e. The van der Waals surface area contributed by atoms with Crippen LogP contribution in [0.25, 0.3) is 0 Å². The quantitative estimate of drug-likeness (QED) is 0.638. The largest absolute Gasteiger partial charge is 0.322 e. The molecule has 0 aromatic heterocycles. The molecule has 0 aliphatic carbocycles. The van der Waals surface area contributed by atoms with Crippen LogP contribution < -0.4 is 5.32 Å². The molecule has 0 spiro atoms. The summed E-state index contributed by atoms with van der Waals surface area (Å²) in [6, 6.07) is 5.22. The fourth-order valence-corrected chi connectivity index (χ4v) is 1.87. The average Bonchev–Trinajstić information content (AvgIpc) is 2.39. The molecule has 0 aliphatic rings. The topological polar surface area (TPSA) is 29.1 Å². The predicted octanol–water partition coefficient (Wildman–Crippen LogP) is 4.26. The molecule has 20 heavy (non-hydrogen) atoms. The smallest absolute Gasteiger partial charge is 0.258 e. The van der Waals surface area contributed by atoms with E-state index in [9.17, 15) is 22.4 Å². The molecule has 1 amide bonds. The second-order valence-corrected chi connectivity index (χ2v) is 4.66. The van der Waals surface area contributed by atoms with Gasteiger partial charge in [-0.05, 0) is 28.1 Å². The fraction of sp³-hybridized carbons (Fsp3) is 0. The van der Waals surface area contributed by atoms with Crippen molar-refractivity contribution in [3.05, 3.63) is 63.6 Å². The van der Waals surface area contributed by atoms with Crippen molar-refractivity contribution in [1.82, 2.24) is 0 Å². The number of carbonyl (C=O) groups is 1. The number of rotatable bonds is 2. The van der Waals surface area contributed by atoms with E-state index in [0.29, 0.717) is 12.1 Å². The highest BCUT2D eigenvalue weighted by Gasteiger charge is 2.16. The standard InChI is InChI=1S/C13H6BrF4NO/c14-8-3-1-2-7(11(8)17)13(20)19-6-4-9(15)12(18)10(16)5-6/h1-5H,(H,19,20). The van der Waals surface area contributed by atoms with Gasteiger partial charge < -0.3 is 5.32 Å². The molecule has 2 rings (SSSR count). The van der Waals surface area contributed by atoms with E-state index in [1.807, 2.05) is 0 Å². The van der Waals surface area contributed by atoms with Crippen LogP contribution in [-0.2, 0) is 0 Å². The average molecular weight is 348 g/mol. The Labute approximate surface area is 119 Å². The minimum Gasteiger partial charge on any atom is -0.322 e. The molecule has 0 unspecified atom stereocenters. The van der Waals surface area contributed by atoms with E-state index in [1.165, 1.54) is 18.2 Å². The summed E-state index contributed by atoms with van der Waals surface area (Å²) in [4.78, 5) is 11.8. The Morgan fingerprint density at radius 2 is 1.60 bits per heavy atom. The molecule has 0 saturated carbocycles. The molecule has 2 nitrogen and oxygen atoms in total. The molecule has 0 aliphatic heterocycles. The highest BCUT2D eigenvalue weighted by atomic mass is 79.9. The van der Waals surface area contributed by atoms with E-state index in [2.05, 4.69) is 21.2 Å². The lowest BCUT2D eigenvalue weighted by Crippen LogP contribution is -2.14. The van der Waals surface area contributed by atoms with Gasteiger partial charge in [-0.25, -0.2) is 17.6 Å². The number of benzene rings is 2. The van der Waals surface area contributed by atoms with Crippen LogP contribution in [0.1, 0.15) is 10.4 Å². The van der Waals surface area contributed by atoms with E-state index in [-0.39, 0.29) is 15.7 Å². The lowest BCUT2D eigenvalue weighted by atomic mass is 10.2. The lowest BCUT2D eigenvalue weighted by Gasteiger charge is -2.07. The van der Waals surface area contributed by atoms with Gasteiger partial charge in [0.25, 0.3) is 5.91 Å². The zero-order valence-electron chi connectivity index (χ0n) is 9.68. The summed E-state index contributed by atoms with van der Waals surface area (Å²) >= 11 is 2.91. The van der Waals surface area contributed by atoms with Gasteiger partial charge in [0.2, 0.25) is 0 Å². The van der Waals surface area contributed by atoms with Gasteiger partial charge >= 0.3 is 0 Å². The van der Waals surface area contributed by atoms with Crippen molar-refractivity contribution >= 4 is 27.5 Å². The van der Waals surface area contributed by atoms with Crippen LogP contribution in [0.3, 0.4) is 0 Å². The van der Waals surface area contributed by atoms with Crippen molar-refractivity contribution in [3.8, 4) is 0 Å². The van der Waals surface area contributed by atoms with E-state index < -0.39 is 29.2 Å². The van der Waals surface area contributed by atoms with Gasteiger partial charge in [0.1, 0.15) is 5.82 Å². The van der Waals surface area contributed by atoms with Crippen molar-refractivity contribution < 1.29 is 22.4 Å². The molecule has 0 radical (unpaired) electrons. The molecule has 0 fully saturated rings. The molecule has 0 heterocycles. The molecule has 7 heteroatoms. The molecule has 2 aromatic carbocycles. The normalized spacial score (nSPS) is 10.4. The van der Waals surface area contributed by atoms with Gasteiger partial charge in [-0.1, -0.05) is 6.07 Å². The van der Waals surface area contributed by atoms with Gasteiger partial charge in [-0.3, -0.25) is 4.79 Å². The third-order valence-electron chi connectivity index (χ3n) is 2.44. The first-order chi connectivity index (χ1) is 9.40. The summed E-state index contributed by atoms with van der Waals surface area (Å²) in [5, 5.41) is 2.09. The van der Waals surface area contributed by atoms with Gasteiger partial charge in [0.05, 0.1) is 10.0 Å². The number of hydrogen-bond donors (Lipinski definition) is 1. The summed E-state index contributed by atoms with van der Waals surface area (Å²) in [6.07, 6.45) is 0. The molecular weight excluding hydrogens is 342 g/mol. The third kappa shape index (κ3) is 2.82. The van der Waals surface area contributed by atoms with Crippen molar-refractivity contribution in [3.63, 3.8) is 0 Å². The number of hydrogen-bond acceptors (Lipinski definition) is 1. The van der Waals surface area contributed by atoms with Crippen LogP contribution >= 0.6 is 15.9 Å². The highest BCUT2D eigenvalue weighted by molar-refractivity contribution is 9.10. The van der Waals surface area contributed by atoms with Crippen molar-refractivity contribution in [2.75, 3.05) is 5.32 Å². The lowest BCUT2D eigenvalue weighted by molar-refractivity contribution is 0.102. The predicted molar refractivity (Wildman–Crippen MR) is 68.4 cm³/mol. The number of anilines is 1. The number of nitrogens with one attached hydrogen (secondary N) is 1. The Bertz CT molecular complexity index is 667. The van der Waals surface area contributed by atoms with Crippen molar-refractivity contribution in [1.29, 1.82) is 0 Å². The van der Waals surface area contributed by atoms with Crippen LogP contribution in [0.15, 0.2) is 34.8 Å². The Kier molecular flexibility index (Phi) is 4.08. The Morgan fingerprint density at radius 1 is 1.00 bits per heavy atom.